The minimum Gasteiger partial charge on any atom is -0.497 e. The Morgan fingerprint density at radius 3 is 2.45 bits per heavy atom. The van der Waals surface area contributed by atoms with Crippen molar-refractivity contribution in [2.24, 2.45) is 0 Å². The van der Waals surface area contributed by atoms with E-state index in [1.54, 1.807) is 62.8 Å². The van der Waals surface area contributed by atoms with E-state index in [4.69, 9.17) is 30.2 Å². The van der Waals surface area contributed by atoms with Crippen LogP contribution in [0.2, 0.25) is 5.02 Å². The fraction of sp³-hybridized carbons (Fsp3) is 0.227. The first-order valence-electron chi connectivity index (χ1n) is 9.00. The number of halogens is 1. The van der Waals surface area contributed by atoms with Crippen LogP contribution in [0.15, 0.2) is 59.0 Å². The molecule has 6 nitrogen and oxygen atoms in total. The predicted octanol–water partition coefficient (Wildman–Crippen LogP) is 5.02. The lowest BCUT2D eigenvalue weighted by atomic mass is 10.1. The second kappa shape index (κ2) is 9.39. The molecule has 0 spiro atoms. The van der Waals surface area contributed by atoms with Crippen LogP contribution in [-0.4, -0.2) is 20.1 Å². The monoisotopic (exact) mass is 415 g/mol. The Bertz CT molecular complexity index is 968. The van der Waals surface area contributed by atoms with Crippen LogP contribution < -0.4 is 19.5 Å². The number of carbonyl (C=O) groups excluding carboxylic acids is 1. The number of furan rings is 1. The molecule has 1 atom stereocenters. The van der Waals surface area contributed by atoms with Gasteiger partial charge in [0.15, 0.2) is 5.76 Å². The smallest absolute Gasteiger partial charge is 0.287 e. The van der Waals surface area contributed by atoms with Gasteiger partial charge in [0, 0.05) is 10.6 Å². The molecule has 29 heavy (non-hydrogen) atoms. The lowest BCUT2D eigenvalue weighted by Gasteiger charge is -2.17. The molecule has 1 unspecified atom stereocenters. The van der Waals surface area contributed by atoms with Gasteiger partial charge in [-0.05, 0) is 61.5 Å². The van der Waals surface area contributed by atoms with Crippen LogP contribution in [0.5, 0.6) is 17.2 Å². The van der Waals surface area contributed by atoms with Gasteiger partial charge in [-0.2, -0.15) is 0 Å². The van der Waals surface area contributed by atoms with Gasteiger partial charge in [0.25, 0.3) is 5.91 Å². The van der Waals surface area contributed by atoms with E-state index in [9.17, 15) is 4.79 Å². The van der Waals surface area contributed by atoms with Gasteiger partial charge < -0.3 is 23.9 Å². The molecule has 0 bridgehead atoms. The Balaban J connectivity index is 1.63. The van der Waals surface area contributed by atoms with E-state index in [0.29, 0.717) is 28.0 Å². The topological polar surface area (TPSA) is 69.9 Å². The Kier molecular flexibility index (Phi) is 6.67. The number of rotatable bonds is 8. The van der Waals surface area contributed by atoms with Crippen molar-refractivity contribution >= 4 is 17.5 Å². The van der Waals surface area contributed by atoms with Crippen LogP contribution >= 0.6 is 11.6 Å². The number of hydrogen-bond acceptors (Lipinski definition) is 5. The summed E-state index contributed by atoms with van der Waals surface area (Å²) in [6.07, 6.45) is 0. The largest absolute Gasteiger partial charge is 0.497 e. The van der Waals surface area contributed by atoms with Gasteiger partial charge in [0.2, 0.25) is 0 Å². The number of amides is 1. The first-order valence-corrected chi connectivity index (χ1v) is 9.38. The van der Waals surface area contributed by atoms with Crippen LogP contribution in [-0.2, 0) is 6.61 Å². The Morgan fingerprint density at radius 2 is 1.76 bits per heavy atom. The number of methoxy groups -OCH3 is 2. The number of carbonyl (C=O) groups is 1. The number of ether oxygens (including phenoxy) is 3. The van der Waals surface area contributed by atoms with Gasteiger partial charge in [-0.3, -0.25) is 4.79 Å². The molecule has 0 radical (unpaired) electrons. The zero-order chi connectivity index (χ0) is 20.8. The van der Waals surface area contributed by atoms with Gasteiger partial charge in [0.1, 0.15) is 29.6 Å². The third kappa shape index (κ3) is 5.23. The van der Waals surface area contributed by atoms with Crippen LogP contribution in [0.25, 0.3) is 0 Å². The fourth-order valence-corrected chi connectivity index (χ4v) is 2.91. The molecule has 0 saturated carbocycles. The third-order valence-electron chi connectivity index (χ3n) is 4.33. The van der Waals surface area contributed by atoms with Gasteiger partial charge in [-0.25, -0.2) is 0 Å². The first kappa shape index (κ1) is 20.6. The molecule has 7 heteroatoms. The van der Waals surface area contributed by atoms with Crippen molar-refractivity contribution in [3.8, 4) is 17.2 Å². The zero-order valence-electron chi connectivity index (χ0n) is 16.4. The van der Waals surface area contributed by atoms with E-state index in [0.717, 1.165) is 5.56 Å². The number of nitrogens with one attached hydrogen (secondary N) is 1. The summed E-state index contributed by atoms with van der Waals surface area (Å²) in [6.45, 7) is 2.07. The maximum Gasteiger partial charge on any atom is 0.287 e. The highest BCUT2D eigenvalue weighted by atomic mass is 35.5. The highest BCUT2D eigenvalue weighted by Crippen LogP contribution is 2.29. The van der Waals surface area contributed by atoms with E-state index >= 15 is 0 Å². The van der Waals surface area contributed by atoms with Crippen molar-refractivity contribution in [3.05, 3.63) is 76.7 Å². The fourth-order valence-electron chi connectivity index (χ4n) is 2.79. The van der Waals surface area contributed by atoms with Crippen LogP contribution in [0.4, 0.5) is 0 Å². The SMILES string of the molecule is COc1ccc(OC)c(C(C)NC(=O)c2ccc(COc3ccc(Cl)cc3)o2)c1. The summed E-state index contributed by atoms with van der Waals surface area (Å²) in [4.78, 5) is 12.6. The van der Waals surface area contributed by atoms with Crippen molar-refractivity contribution < 1.29 is 23.4 Å². The molecule has 0 aliphatic heterocycles. The first-order chi connectivity index (χ1) is 14.0. The molecule has 0 fully saturated rings. The summed E-state index contributed by atoms with van der Waals surface area (Å²) in [5.74, 6) is 2.41. The lowest BCUT2D eigenvalue weighted by molar-refractivity contribution is 0.0907. The van der Waals surface area contributed by atoms with Crippen molar-refractivity contribution in [2.45, 2.75) is 19.6 Å². The molecule has 3 aromatic rings. The van der Waals surface area contributed by atoms with Gasteiger partial charge in [-0.1, -0.05) is 11.6 Å². The molecular formula is C22H22ClNO5. The van der Waals surface area contributed by atoms with Crippen molar-refractivity contribution in [1.29, 1.82) is 0 Å². The molecule has 0 aliphatic rings. The molecule has 1 aromatic heterocycles. The summed E-state index contributed by atoms with van der Waals surface area (Å²) in [7, 11) is 3.17. The second-order valence-corrected chi connectivity index (χ2v) is 6.75. The Hall–Kier alpha value is -3.12. The maximum atomic E-state index is 12.6. The average molecular weight is 416 g/mol. The molecule has 0 aliphatic carbocycles. The normalized spacial score (nSPS) is 11.6. The quantitative estimate of drug-likeness (QED) is 0.559. The molecular weight excluding hydrogens is 394 g/mol. The van der Waals surface area contributed by atoms with E-state index in [-0.39, 0.29) is 24.3 Å². The molecule has 152 valence electrons. The highest BCUT2D eigenvalue weighted by Gasteiger charge is 2.18. The minimum atomic E-state index is -0.333. The standard InChI is InChI=1S/C22H22ClNO5/c1-14(19-12-17(26-2)8-10-20(19)27-3)24-22(25)21-11-9-18(29-21)13-28-16-6-4-15(23)5-7-16/h4-12,14H,13H2,1-3H3,(H,24,25). The number of hydrogen-bond donors (Lipinski definition) is 1. The predicted molar refractivity (Wildman–Crippen MR) is 110 cm³/mol. The van der Waals surface area contributed by atoms with E-state index in [1.165, 1.54) is 0 Å². The van der Waals surface area contributed by atoms with Crippen LogP contribution in [0.1, 0.15) is 34.8 Å². The van der Waals surface area contributed by atoms with Crippen molar-refractivity contribution in [2.75, 3.05) is 14.2 Å². The third-order valence-corrected chi connectivity index (χ3v) is 4.58. The molecule has 3 rings (SSSR count). The molecule has 1 amide bonds. The van der Waals surface area contributed by atoms with Gasteiger partial charge >= 0.3 is 0 Å². The second-order valence-electron chi connectivity index (χ2n) is 6.31. The summed E-state index contributed by atoms with van der Waals surface area (Å²) in [6, 6.07) is 15.5. The Labute approximate surface area is 174 Å². The molecule has 0 saturated heterocycles. The van der Waals surface area contributed by atoms with Gasteiger partial charge in [0.05, 0.1) is 20.3 Å². The summed E-state index contributed by atoms with van der Waals surface area (Å²) in [5.41, 5.74) is 0.804. The summed E-state index contributed by atoms with van der Waals surface area (Å²) >= 11 is 5.86. The van der Waals surface area contributed by atoms with Gasteiger partial charge in [-0.15, -0.1) is 0 Å². The number of benzene rings is 2. The lowest BCUT2D eigenvalue weighted by Crippen LogP contribution is -2.26. The van der Waals surface area contributed by atoms with E-state index in [2.05, 4.69) is 5.32 Å². The summed E-state index contributed by atoms with van der Waals surface area (Å²) in [5, 5.41) is 3.54. The highest BCUT2D eigenvalue weighted by molar-refractivity contribution is 6.30. The average Bonchev–Trinajstić information content (AvgIpc) is 3.22. The Morgan fingerprint density at radius 1 is 1.03 bits per heavy atom. The zero-order valence-corrected chi connectivity index (χ0v) is 17.2. The summed E-state index contributed by atoms with van der Waals surface area (Å²) < 4.78 is 21.9. The van der Waals surface area contributed by atoms with Crippen molar-refractivity contribution in [3.63, 3.8) is 0 Å². The molecule has 1 N–H and O–H groups in total. The minimum absolute atomic E-state index is 0.202. The van der Waals surface area contributed by atoms with Crippen LogP contribution in [0.3, 0.4) is 0 Å². The van der Waals surface area contributed by atoms with Crippen molar-refractivity contribution in [1.82, 2.24) is 5.32 Å². The molecule has 2 aromatic carbocycles. The van der Waals surface area contributed by atoms with Crippen LogP contribution in [0, 0.1) is 0 Å². The molecule has 1 heterocycles. The maximum absolute atomic E-state index is 12.6. The van der Waals surface area contributed by atoms with E-state index < -0.39 is 0 Å². The van der Waals surface area contributed by atoms with E-state index in [1.807, 2.05) is 13.0 Å².